The molecule has 1 atom stereocenters. The fourth-order valence-corrected chi connectivity index (χ4v) is 4.98. The molecule has 0 N–H and O–H groups in total. The molecule has 4 rings (SSSR count). The number of rotatable bonds is 9. The molecule has 0 bridgehead atoms. The van der Waals surface area contributed by atoms with Crippen molar-refractivity contribution in [3.05, 3.63) is 107 Å². The molecule has 0 saturated carbocycles. The topological polar surface area (TPSA) is 78.9 Å². The largest absolute Gasteiger partial charge is 0.462 e. The number of hydrogen-bond donors (Lipinski definition) is 0. The van der Waals surface area contributed by atoms with Crippen LogP contribution in [0.3, 0.4) is 0 Å². The highest BCUT2D eigenvalue weighted by molar-refractivity contribution is 5.92. The van der Waals surface area contributed by atoms with E-state index in [1.807, 2.05) is 13.8 Å². The highest BCUT2D eigenvalue weighted by atomic mass is 16.5. The number of benzene rings is 3. The molecule has 216 valence electrons. The number of ether oxygens (including phenoxy) is 3. The van der Waals surface area contributed by atoms with Gasteiger partial charge in [0, 0.05) is 34.3 Å². The molecule has 0 heterocycles. The summed E-state index contributed by atoms with van der Waals surface area (Å²) in [6.07, 6.45) is 1.72. The van der Waals surface area contributed by atoms with Crippen LogP contribution in [0.5, 0.6) is 11.5 Å². The molecule has 0 aliphatic heterocycles. The summed E-state index contributed by atoms with van der Waals surface area (Å²) in [6.45, 7) is 20.2. The number of carbonyl (C=O) groups is 3. The molecule has 0 spiro atoms. The molecule has 0 amide bonds. The Labute approximate surface area is 247 Å². The highest BCUT2D eigenvalue weighted by Gasteiger charge is 2.24. The molecular formula is C36H36O6. The molecule has 0 saturated heterocycles. The van der Waals surface area contributed by atoms with Gasteiger partial charge in [-0.05, 0) is 98.5 Å². The second kappa shape index (κ2) is 12.4. The van der Waals surface area contributed by atoms with Crippen LogP contribution in [0.2, 0.25) is 0 Å². The van der Waals surface area contributed by atoms with Gasteiger partial charge >= 0.3 is 17.9 Å². The molecule has 0 aromatic heterocycles. The lowest BCUT2D eigenvalue weighted by molar-refractivity contribution is -0.140. The van der Waals surface area contributed by atoms with Gasteiger partial charge in [0.05, 0.1) is 6.61 Å². The van der Waals surface area contributed by atoms with E-state index in [0.717, 1.165) is 40.7 Å². The standard InChI is InChI=1S/C36H36O6/c1-20(2)34(37)40-19-25-15-26-9-10-27(17-28(26)16-25)31-13-24(8)32(14-23(31)7)30-12-11-29(41-35(38)21(3)4)18-33(30)42-36(39)22(5)6/h9-14,17-18,25H,1,3,5,15-16,19H2,2,4,6-8H3. The van der Waals surface area contributed by atoms with Crippen LogP contribution < -0.4 is 9.47 Å². The number of aryl methyl sites for hydroxylation is 2. The Morgan fingerprint density at radius 2 is 1.29 bits per heavy atom. The van der Waals surface area contributed by atoms with Gasteiger partial charge in [-0.2, -0.15) is 0 Å². The third-order valence-corrected chi connectivity index (χ3v) is 7.26. The van der Waals surface area contributed by atoms with Gasteiger partial charge in [0.2, 0.25) is 0 Å². The normalized spacial score (nSPS) is 13.6. The molecule has 0 radical (unpaired) electrons. The molecule has 42 heavy (non-hydrogen) atoms. The van der Waals surface area contributed by atoms with E-state index in [4.69, 9.17) is 14.2 Å². The monoisotopic (exact) mass is 564 g/mol. The molecule has 1 unspecified atom stereocenters. The second-order valence-corrected chi connectivity index (χ2v) is 11.1. The summed E-state index contributed by atoms with van der Waals surface area (Å²) >= 11 is 0. The van der Waals surface area contributed by atoms with Crippen LogP contribution in [0.25, 0.3) is 22.3 Å². The number of esters is 3. The van der Waals surface area contributed by atoms with Gasteiger partial charge in [-0.15, -0.1) is 0 Å². The number of hydrogen-bond acceptors (Lipinski definition) is 6. The maximum atomic E-state index is 12.5. The van der Waals surface area contributed by atoms with Gasteiger partial charge in [0.25, 0.3) is 0 Å². The summed E-state index contributed by atoms with van der Waals surface area (Å²) in [6, 6.07) is 15.7. The van der Waals surface area contributed by atoms with Crippen LogP contribution in [0.1, 0.15) is 43.0 Å². The zero-order valence-corrected chi connectivity index (χ0v) is 24.9. The van der Waals surface area contributed by atoms with Crippen LogP contribution in [0, 0.1) is 19.8 Å². The van der Waals surface area contributed by atoms with E-state index in [2.05, 4.69) is 50.1 Å². The fourth-order valence-electron chi connectivity index (χ4n) is 4.98. The summed E-state index contributed by atoms with van der Waals surface area (Å²) < 4.78 is 16.5. The van der Waals surface area contributed by atoms with Crippen molar-refractivity contribution in [2.24, 2.45) is 5.92 Å². The smallest absolute Gasteiger partial charge is 0.338 e. The van der Waals surface area contributed by atoms with E-state index >= 15 is 0 Å². The van der Waals surface area contributed by atoms with E-state index in [-0.39, 0.29) is 34.5 Å². The van der Waals surface area contributed by atoms with Crippen molar-refractivity contribution in [3.8, 4) is 33.8 Å². The van der Waals surface area contributed by atoms with Crippen LogP contribution in [0.15, 0.2) is 85.0 Å². The van der Waals surface area contributed by atoms with Crippen molar-refractivity contribution in [1.29, 1.82) is 0 Å². The Hall–Kier alpha value is -4.71. The molecule has 0 fully saturated rings. The summed E-state index contributed by atoms with van der Waals surface area (Å²) in [4.78, 5) is 36.4. The SMILES string of the molecule is C=C(C)C(=O)OCC1Cc2ccc(-c3cc(C)c(-c4ccc(OC(=O)C(=C)C)cc4OC(=O)C(=C)C)cc3C)cc2C1. The number of fused-ring (bicyclic) bond motifs is 1. The zero-order chi connectivity index (χ0) is 30.7. The average Bonchev–Trinajstić information content (AvgIpc) is 3.35. The quantitative estimate of drug-likeness (QED) is 0.153. The van der Waals surface area contributed by atoms with Crippen molar-refractivity contribution >= 4 is 17.9 Å². The lowest BCUT2D eigenvalue weighted by Crippen LogP contribution is -2.14. The van der Waals surface area contributed by atoms with Gasteiger partial charge in [-0.25, -0.2) is 14.4 Å². The van der Waals surface area contributed by atoms with Crippen LogP contribution >= 0.6 is 0 Å². The minimum atomic E-state index is -0.573. The lowest BCUT2D eigenvalue weighted by atomic mass is 9.90. The first-order valence-electron chi connectivity index (χ1n) is 13.8. The van der Waals surface area contributed by atoms with Gasteiger partial charge in [0.1, 0.15) is 11.5 Å². The Balaban J connectivity index is 1.64. The van der Waals surface area contributed by atoms with Crippen molar-refractivity contribution in [3.63, 3.8) is 0 Å². The predicted molar refractivity (Wildman–Crippen MR) is 164 cm³/mol. The van der Waals surface area contributed by atoms with Crippen LogP contribution in [-0.4, -0.2) is 24.5 Å². The van der Waals surface area contributed by atoms with Gasteiger partial charge < -0.3 is 14.2 Å². The molecule has 1 aliphatic carbocycles. The van der Waals surface area contributed by atoms with E-state index in [1.54, 1.807) is 32.9 Å². The molecular weight excluding hydrogens is 528 g/mol. The first kappa shape index (κ1) is 30.3. The maximum Gasteiger partial charge on any atom is 0.338 e. The highest BCUT2D eigenvalue weighted by Crippen LogP contribution is 2.39. The predicted octanol–water partition coefficient (Wildman–Crippen LogP) is 7.43. The molecule has 3 aromatic rings. The van der Waals surface area contributed by atoms with E-state index in [9.17, 15) is 14.4 Å². The third kappa shape index (κ3) is 6.77. The summed E-state index contributed by atoms with van der Waals surface area (Å²) in [5.41, 5.74) is 9.28. The van der Waals surface area contributed by atoms with Crippen molar-refractivity contribution in [2.45, 2.75) is 47.5 Å². The minimum absolute atomic E-state index is 0.244. The average molecular weight is 565 g/mol. The van der Waals surface area contributed by atoms with E-state index in [0.29, 0.717) is 17.7 Å². The maximum absolute atomic E-state index is 12.5. The molecule has 6 nitrogen and oxygen atoms in total. The fraction of sp³-hybridized carbons (Fsp3) is 0.250. The van der Waals surface area contributed by atoms with Crippen LogP contribution in [-0.2, 0) is 32.0 Å². The second-order valence-electron chi connectivity index (χ2n) is 11.1. The van der Waals surface area contributed by atoms with E-state index < -0.39 is 11.9 Å². The Morgan fingerprint density at radius 1 is 0.690 bits per heavy atom. The van der Waals surface area contributed by atoms with E-state index in [1.165, 1.54) is 17.2 Å². The summed E-state index contributed by atoms with van der Waals surface area (Å²) in [5, 5.41) is 0. The van der Waals surface area contributed by atoms with Gasteiger partial charge in [-0.3, -0.25) is 0 Å². The van der Waals surface area contributed by atoms with Crippen molar-refractivity contribution < 1.29 is 28.6 Å². The summed E-state index contributed by atoms with van der Waals surface area (Å²) in [7, 11) is 0. The third-order valence-electron chi connectivity index (χ3n) is 7.26. The molecule has 3 aromatic carbocycles. The molecule has 6 heteroatoms. The van der Waals surface area contributed by atoms with Crippen LogP contribution in [0.4, 0.5) is 0 Å². The minimum Gasteiger partial charge on any atom is -0.462 e. The lowest BCUT2D eigenvalue weighted by Gasteiger charge is -2.17. The first-order chi connectivity index (χ1) is 19.8. The Kier molecular flexibility index (Phi) is 8.96. The number of carbonyl (C=O) groups excluding carboxylic acids is 3. The first-order valence-corrected chi connectivity index (χ1v) is 13.8. The van der Waals surface area contributed by atoms with Crippen molar-refractivity contribution in [2.75, 3.05) is 6.61 Å². The Morgan fingerprint density at radius 3 is 1.95 bits per heavy atom. The van der Waals surface area contributed by atoms with Gasteiger partial charge in [-0.1, -0.05) is 50.1 Å². The summed E-state index contributed by atoms with van der Waals surface area (Å²) in [5.74, 6) is -0.727. The van der Waals surface area contributed by atoms with Crippen molar-refractivity contribution in [1.82, 2.24) is 0 Å². The van der Waals surface area contributed by atoms with Gasteiger partial charge in [0.15, 0.2) is 0 Å². The zero-order valence-electron chi connectivity index (χ0n) is 24.9. The Bertz CT molecular complexity index is 1640. The molecule has 1 aliphatic rings.